The van der Waals surface area contributed by atoms with Crippen LogP contribution in [0.4, 0.5) is 0 Å². The van der Waals surface area contributed by atoms with Crippen LogP contribution in [-0.2, 0) is 0 Å². The van der Waals surface area contributed by atoms with Crippen LogP contribution in [0.25, 0.3) is 0 Å². The van der Waals surface area contributed by atoms with E-state index in [-0.39, 0.29) is 0 Å². The summed E-state index contributed by atoms with van der Waals surface area (Å²) in [6.45, 7) is 6.85. The maximum absolute atomic E-state index is 3.70. The first kappa shape index (κ1) is 11.5. The first-order valence-corrected chi connectivity index (χ1v) is 5.63. The zero-order valence-corrected chi connectivity index (χ0v) is 10.0. The minimum absolute atomic E-state index is 0.380. The highest BCUT2D eigenvalue weighted by Crippen LogP contribution is 2.22. The van der Waals surface area contributed by atoms with E-state index < -0.39 is 0 Å². The second kappa shape index (κ2) is 5.99. The van der Waals surface area contributed by atoms with Crippen molar-refractivity contribution in [2.75, 3.05) is 6.54 Å². The van der Waals surface area contributed by atoms with Crippen LogP contribution in [0, 0.1) is 0 Å². The van der Waals surface area contributed by atoms with E-state index in [4.69, 9.17) is 0 Å². The molecule has 0 aromatic heterocycles. The molecule has 0 aliphatic rings. The normalized spacial score (nSPS) is 12.4. The van der Waals surface area contributed by atoms with Gasteiger partial charge in [0.1, 0.15) is 0 Å². The largest absolute Gasteiger partial charge is 0.310 e. The molecule has 0 saturated carbocycles. The average Bonchev–Trinajstić information content (AvgIpc) is 2.18. The molecular weight excluding hydrogens is 238 g/mol. The smallest absolute Gasteiger partial charge is 0.0303 e. The Morgan fingerprint density at radius 1 is 1.50 bits per heavy atom. The van der Waals surface area contributed by atoms with Gasteiger partial charge in [-0.2, -0.15) is 0 Å². The van der Waals surface area contributed by atoms with Gasteiger partial charge in [0.05, 0.1) is 0 Å². The summed E-state index contributed by atoms with van der Waals surface area (Å²) < 4.78 is 1.17. The first-order valence-electron chi connectivity index (χ1n) is 4.84. The fraction of sp³-hybridized carbons (Fsp3) is 0.333. The molecule has 0 amide bonds. The van der Waals surface area contributed by atoms with Crippen LogP contribution in [0.5, 0.6) is 0 Å². The fourth-order valence-corrected chi connectivity index (χ4v) is 1.97. The van der Waals surface area contributed by atoms with Gasteiger partial charge in [-0.1, -0.05) is 40.2 Å². The van der Waals surface area contributed by atoms with Gasteiger partial charge in [0, 0.05) is 10.5 Å². The Bertz CT molecular complexity index is 296. The summed E-state index contributed by atoms with van der Waals surface area (Å²) in [5, 5.41) is 3.44. The molecule has 76 valence electrons. The zero-order chi connectivity index (χ0) is 10.4. The molecular formula is C12H16BrN. The highest BCUT2D eigenvalue weighted by atomic mass is 79.9. The Hall–Kier alpha value is -0.600. The van der Waals surface area contributed by atoms with E-state index in [1.54, 1.807) is 0 Å². The lowest BCUT2D eigenvalue weighted by Gasteiger charge is -2.14. The number of rotatable bonds is 5. The Kier molecular flexibility index (Phi) is 4.91. The Morgan fingerprint density at radius 3 is 2.86 bits per heavy atom. The number of benzene rings is 1. The second-order valence-electron chi connectivity index (χ2n) is 3.27. The summed E-state index contributed by atoms with van der Waals surface area (Å²) in [4.78, 5) is 0. The minimum Gasteiger partial charge on any atom is -0.310 e. The molecule has 2 heteroatoms. The van der Waals surface area contributed by atoms with Gasteiger partial charge in [0.15, 0.2) is 0 Å². The topological polar surface area (TPSA) is 12.0 Å². The summed E-state index contributed by atoms with van der Waals surface area (Å²) in [6, 6.07) is 8.68. The molecule has 14 heavy (non-hydrogen) atoms. The van der Waals surface area contributed by atoms with Crippen molar-refractivity contribution in [1.29, 1.82) is 0 Å². The van der Waals surface area contributed by atoms with Crippen molar-refractivity contribution in [3.05, 3.63) is 47.0 Å². The van der Waals surface area contributed by atoms with Crippen molar-refractivity contribution in [1.82, 2.24) is 5.32 Å². The number of hydrogen-bond acceptors (Lipinski definition) is 1. The van der Waals surface area contributed by atoms with Crippen LogP contribution < -0.4 is 5.32 Å². The Labute approximate surface area is 94.3 Å². The summed E-state index contributed by atoms with van der Waals surface area (Å²) in [5.41, 5.74) is 1.30. The van der Waals surface area contributed by atoms with Crippen molar-refractivity contribution in [2.45, 2.75) is 19.4 Å². The molecule has 0 bridgehead atoms. The van der Waals surface area contributed by atoms with Gasteiger partial charge in [-0.05, 0) is 31.5 Å². The first-order chi connectivity index (χ1) is 6.75. The average molecular weight is 254 g/mol. The van der Waals surface area contributed by atoms with E-state index in [0.717, 1.165) is 13.0 Å². The van der Waals surface area contributed by atoms with E-state index >= 15 is 0 Å². The third-order valence-electron chi connectivity index (χ3n) is 2.17. The second-order valence-corrected chi connectivity index (χ2v) is 4.13. The van der Waals surface area contributed by atoms with Crippen LogP contribution in [-0.4, -0.2) is 6.54 Å². The lowest BCUT2D eigenvalue weighted by atomic mass is 10.1. The Balaban J connectivity index is 2.55. The van der Waals surface area contributed by atoms with Gasteiger partial charge in [-0.15, -0.1) is 6.58 Å². The highest BCUT2D eigenvalue weighted by molar-refractivity contribution is 9.10. The zero-order valence-electron chi connectivity index (χ0n) is 8.46. The quantitative estimate of drug-likeness (QED) is 0.624. The molecule has 0 aliphatic carbocycles. The number of hydrogen-bond donors (Lipinski definition) is 1. The number of nitrogens with one attached hydrogen (secondary N) is 1. The van der Waals surface area contributed by atoms with Crippen LogP contribution in [0.1, 0.15) is 24.9 Å². The molecule has 1 atom stereocenters. The van der Waals surface area contributed by atoms with Crippen molar-refractivity contribution >= 4 is 15.9 Å². The lowest BCUT2D eigenvalue weighted by Crippen LogP contribution is -2.19. The van der Waals surface area contributed by atoms with Crippen LogP contribution >= 0.6 is 15.9 Å². The van der Waals surface area contributed by atoms with Gasteiger partial charge < -0.3 is 5.32 Å². The van der Waals surface area contributed by atoms with Crippen LogP contribution in [0.3, 0.4) is 0 Å². The molecule has 1 aromatic rings. The molecule has 0 heterocycles. The Morgan fingerprint density at radius 2 is 2.21 bits per heavy atom. The van der Waals surface area contributed by atoms with Crippen molar-refractivity contribution in [3.8, 4) is 0 Å². The fourth-order valence-electron chi connectivity index (χ4n) is 1.34. The molecule has 0 saturated heterocycles. The minimum atomic E-state index is 0.380. The summed E-state index contributed by atoms with van der Waals surface area (Å²) in [5.74, 6) is 0. The SMILES string of the molecule is C=CCCNC(C)c1ccccc1Br. The third-order valence-corrected chi connectivity index (χ3v) is 2.89. The highest BCUT2D eigenvalue weighted by Gasteiger charge is 2.06. The molecule has 1 aromatic carbocycles. The summed E-state index contributed by atoms with van der Waals surface area (Å²) >= 11 is 3.55. The van der Waals surface area contributed by atoms with Crippen LogP contribution in [0.2, 0.25) is 0 Å². The third kappa shape index (κ3) is 3.28. The predicted molar refractivity (Wildman–Crippen MR) is 65.4 cm³/mol. The number of halogens is 1. The molecule has 1 unspecified atom stereocenters. The summed E-state index contributed by atoms with van der Waals surface area (Å²) in [6.07, 6.45) is 2.94. The van der Waals surface area contributed by atoms with Gasteiger partial charge in [-0.25, -0.2) is 0 Å². The van der Waals surface area contributed by atoms with Gasteiger partial charge in [0.2, 0.25) is 0 Å². The van der Waals surface area contributed by atoms with E-state index in [0.29, 0.717) is 6.04 Å². The molecule has 0 spiro atoms. The van der Waals surface area contributed by atoms with E-state index in [1.165, 1.54) is 10.0 Å². The monoisotopic (exact) mass is 253 g/mol. The summed E-state index contributed by atoms with van der Waals surface area (Å²) in [7, 11) is 0. The van der Waals surface area contributed by atoms with Gasteiger partial charge >= 0.3 is 0 Å². The molecule has 1 N–H and O–H groups in total. The van der Waals surface area contributed by atoms with Crippen molar-refractivity contribution < 1.29 is 0 Å². The van der Waals surface area contributed by atoms with E-state index in [9.17, 15) is 0 Å². The van der Waals surface area contributed by atoms with Gasteiger partial charge in [-0.3, -0.25) is 0 Å². The van der Waals surface area contributed by atoms with Crippen LogP contribution in [0.15, 0.2) is 41.4 Å². The molecule has 0 aliphatic heterocycles. The molecule has 0 radical (unpaired) electrons. The maximum atomic E-state index is 3.70. The lowest BCUT2D eigenvalue weighted by molar-refractivity contribution is 0.579. The van der Waals surface area contributed by atoms with Crippen molar-refractivity contribution in [2.24, 2.45) is 0 Å². The maximum Gasteiger partial charge on any atom is 0.0303 e. The molecule has 1 rings (SSSR count). The predicted octanol–water partition coefficient (Wildman–Crippen LogP) is 3.68. The van der Waals surface area contributed by atoms with Crippen molar-refractivity contribution in [3.63, 3.8) is 0 Å². The van der Waals surface area contributed by atoms with E-state index in [2.05, 4.69) is 52.9 Å². The molecule has 0 fully saturated rings. The standard InChI is InChI=1S/C12H16BrN/c1-3-4-9-14-10(2)11-7-5-6-8-12(11)13/h3,5-8,10,14H,1,4,9H2,2H3. The van der Waals surface area contributed by atoms with Gasteiger partial charge in [0.25, 0.3) is 0 Å². The molecule has 1 nitrogen and oxygen atoms in total. The van der Waals surface area contributed by atoms with E-state index in [1.807, 2.05) is 12.1 Å².